The van der Waals surface area contributed by atoms with Crippen molar-refractivity contribution >= 4 is 35.8 Å². The number of hydrogen-bond donors (Lipinski definition) is 2. The number of aliphatic imine (C=N–C) groups is 1. The van der Waals surface area contributed by atoms with Crippen LogP contribution < -0.4 is 10.6 Å². The summed E-state index contributed by atoms with van der Waals surface area (Å²) in [6.45, 7) is 6.57. The Morgan fingerprint density at radius 3 is 2.25 bits per heavy atom. The predicted octanol–water partition coefficient (Wildman–Crippen LogP) is 1.27. The van der Waals surface area contributed by atoms with Gasteiger partial charge in [0.25, 0.3) is 0 Å². The van der Waals surface area contributed by atoms with Gasteiger partial charge in [-0.3, -0.25) is 14.7 Å². The minimum atomic E-state index is -4.17. The lowest BCUT2D eigenvalue weighted by atomic mass is 10.3. The molecule has 1 heterocycles. The van der Waals surface area contributed by atoms with Gasteiger partial charge in [-0.2, -0.15) is 13.2 Å². The van der Waals surface area contributed by atoms with Crippen molar-refractivity contribution < 1.29 is 18.0 Å². The zero-order chi connectivity index (χ0) is 17.5. The third-order valence-corrected chi connectivity index (χ3v) is 3.39. The maximum atomic E-state index is 12.2. The number of rotatable bonds is 5. The first kappa shape index (κ1) is 23.2. The van der Waals surface area contributed by atoms with Crippen molar-refractivity contribution in [1.29, 1.82) is 0 Å². The molecule has 1 aliphatic rings. The van der Waals surface area contributed by atoms with E-state index >= 15 is 0 Å². The number of guanidine groups is 1. The van der Waals surface area contributed by atoms with E-state index in [2.05, 4.69) is 15.6 Å². The monoisotopic (exact) mass is 465 g/mol. The van der Waals surface area contributed by atoms with Gasteiger partial charge in [-0.1, -0.05) is 0 Å². The molecule has 0 aromatic rings. The first-order valence-electron chi connectivity index (χ1n) is 7.75. The zero-order valence-electron chi connectivity index (χ0n) is 14.3. The number of halogens is 4. The van der Waals surface area contributed by atoms with Gasteiger partial charge in [0.2, 0.25) is 5.91 Å². The molecule has 6 nitrogen and oxygen atoms in total. The maximum Gasteiger partial charge on any atom is 0.390 e. The van der Waals surface area contributed by atoms with E-state index < -0.39 is 12.6 Å². The third kappa shape index (κ3) is 9.50. The third-order valence-electron chi connectivity index (χ3n) is 3.39. The Labute approximate surface area is 158 Å². The van der Waals surface area contributed by atoms with E-state index in [1.165, 1.54) is 0 Å². The van der Waals surface area contributed by atoms with Gasteiger partial charge in [-0.25, -0.2) is 0 Å². The summed E-state index contributed by atoms with van der Waals surface area (Å²) in [5.41, 5.74) is 0. The first-order chi connectivity index (χ1) is 10.7. The molecule has 1 fully saturated rings. The van der Waals surface area contributed by atoms with Crippen LogP contribution in [0.25, 0.3) is 0 Å². The molecule has 1 aliphatic heterocycles. The minimum absolute atomic E-state index is 0. The molecular weight excluding hydrogens is 438 g/mol. The fourth-order valence-corrected chi connectivity index (χ4v) is 2.34. The summed E-state index contributed by atoms with van der Waals surface area (Å²) in [7, 11) is 1.55. The molecule has 0 aromatic heterocycles. The Bertz CT molecular complexity index is 410. The lowest BCUT2D eigenvalue weighted by Crippen LogP contribution is -2.54. The van der Waals surface area contributed by atoms with Crippen LogP contribution in [0.4, 0.5) is 13.2 Å². The normalized spacial score (nSPS) is 16.8. The second-order valence-corrected chi connectivity index (χ2v) is 5.82. The highest BCUT2D eigenvalue weighted by Crippen LogP contribution is 2.18. The number of amides is 1. The van der Waals surface area contributed by atoms with E-state index in [-0.39, 0.29) is 42.5 Å². The number of carbonyl (C=O) groups excluding carboxylic acids is 1. The van der Waals surface area contributed by atoms with Gasteiger partial charge in [-0.05, 0) is 13.8 Å². The molecular formula is C14H27F3IN5O. The molecule has 0 radical (unpaired) electrons. The average Bonchev–Trinajstić information content (AvgIpc) is 2.42. The van der Waals surface area contributed by atoms with Gasteiger partial charge in [0.1, 0.15) is 0 Å². The second kappa shape index (κ2) is 11.0. The number of nitrogens with one attached hydrogen (secondary N) is 2. The van der Waals surface area contributed by atoms with Crippen LogP contribution >= 0.6 is 24.0 Å². The van der Waals surface area contributed by atoms with E-state index in [0.29, 0.717) is 38.7 Å². The Kier molecular flexibility index (Phi) is 10.6. The molecule has 0 spiro atoms. The molecule has 0 aromatic carbocycles. The van der Waals surface area contributed by atoms with Crippen molar-refractivity contribution in [2.75, 3.05) is 46.3 Å². The molecule has 0 aliphatic carbocycles. The number of carbonyl (C=O) groups is 1. The van der Waals surface area contributed by atoms with Crippen molar-refractivity contribution in [3.05, 3.63) is 0 Å². The van der Waals surface area contributed by atoms with Crippen molar-refractivity contribution in [1.82, 2.24) is 20.4 Å². The summed E-state index contributed by atoms with van der Waals surface area (Å²) < 4.78 is 36.5. The molecule has 0 atom stereocenters. The first-order valence-corrected chi connectivity index (χ1v) is 7.75. The Balaban J connectivity index is 0.00000529. The van der Waals surface area contributed by atoms with E-state index in [0.717, 1.165) is 0 Å². The molecule has 0 unspecified atom stereocenters. The van der Waals surface area contributed by atoms with E-state index in [9.17, 15) is 18.0 Å². The standard InChI is InChI=1S/C14H26F3N5O.HI/c1-11(2)20-12(23)10-21-6-8-22(9-7-21)13(18-3)19-5-4-14(15,16)17;/h11H,4-10H2,1-3H3,(H,18,19)(H,20,23);1H. The van der Waals surface area contributed by atoms with Crippen molar-refractivity contribution in [2.45, 2.75) is 32.5 Å². The average molecular weight is 465 g/mol. The fourth-order valence-electron chi connectivity index (χ4n) is 2.34. The van der Waals surface area contributed by atoms with Gasteiger partial charge >= 0.3 is 6.18 Å². The van der Waals surface area contributed by atoms with E-state index in [1.54, 1.807) is 7.05 Å². The van der Waals surface area contributed by atoms with Gasteiger partial charge in [0.05, 0.1) is 13.0 Å². The van der Waals surface area contributed by atoms with Crippen LogP contribution in [0.15, 0.2) is 4.99 Å². The number of hydrogen-bond acceptors (Lipinski definition) is 3. The summed E-state index contributed by atoms with van der Waals surface area (Å²) in [6.07, 6.45) is -5.06. The highest BCUT2D eigenvalue weighted by atomic mass is 127. The van der Waals surface area contributed by atoms with Crippen molar-refractivity contribution in [3.63, 3.8) is 0 Å². The van der Waals surface area contributed by atoms with Crippen LogP contribution in [0.2, 0.25) is 0 Å². The Hall–Kier alpha value is -0.780. The second-order valence-electron chi connectivity index (χ2n) is 5.82. The van der Waals surface area contributed by atoms with Crippen LogP contribution in [0.1, 0.15) is 20.3 Å². The topological polar surface area (TPSA) is 60.0 Å². The SMILES string of the molecule is CN=C(NCCC(F)(F)F)N1CCN(CC(=O)NC(C)C)CC1.I. The van der Waals surface area contributed by atoms with Gasteiger partial charge in [0.15, 0.2) is 5.96 Å². The summed E-state index contributed by atoms with van der Waals surface area (Å²) >= 11 is 0. The zero-order valence-corrected chi connectivity index (χ0v) is 16.6. The summed E-state index contributed by atoms with van der Waals surface area (Å²) in [5.74, 6) is 0.460. The van der Waals surface area contributed by atoms with Crippen LogP contribution in [-0.4, -0.2) is 80.2 Å². The molecule has 0 saturated carbocycles. The van der Waals surface area contributed by atoms with Gasteiger partial charge in [0, 0.05) is 45.8 Å². The lowest BCUT2D eigenvalue weighted by Gasteiger charge is -2.36. The van der Waals surface area contributed by atoms with Crippen LogP contribution in [0, 0.1) is 0 Å². The molecule has 0 bridgehead atoms. The number of alkyl halides is 3. The highest BCUT2D eigenvalue weighted by Gasteiger charge is 2.27. The predicted molar refractivity (Wildman–Crippen MR) is 98.7 cm³/mol. The van der Waals surface area contributed by atoms with E-state index in [1.807, 2.05) is 23.6 Å². The quantitative estimate of drug-likeness (QED) is 0.365. The molecule has 1 rings (SSSR count). The molecule has 24 heavy (non-hydrogen) atoms. The molecule has 1 saturated heterocycles. The summed E-state index contributed by atoms with van der Waals surface area (Å²) in [6, 6.07) is 0.112. The van der Waals surface area contributed by atoms with E-state index in [4.69, 9.17) is 0 Å². The van der Waals surface area contributed by atoms with Crippen LogP contribution in [0.5, 0.6) is 0 Å². The number of piperazine rings is 1. The van der Waals surface area contributed by atoms with Crippen LogP contribution in [-0.2, 0) is 4.79 Å². The Morgan fingerprint density at radius 2 is 1.79 bits per heavy atom. The highest BCUT2D eigenvalue weighted by molar-refractivity contribution is 14.0. The summed E-state index contributed by atoms with van der Waals surface area (Å²) in [4.78, 5) is 19.7. The molecule has 10 heteroatoms. The van der Waals surface area contributed by atoms with Crippen molar-refractivity contribution in [3.8, 4) is 0 Å². The number of nitrogens with zero attached hydrogens (tertiary/aromatic N) is 3. The largest absolute Gasteiger partial charge is 0.390 e. The smallest absolute Gasteiger partial charge is 0.356 e. The lowest BCUT2D eigenvalue weighted by molar-refractivity contribution is -0.132. The van der Waals surface area contributed by atoms with Gasteiger partial charge < -0.3 is 15.5 Å². The maximum absolute atomic E-state index is 12.2. The molecule has 1 amide bonds. The van der Waals surface area contributed by atoms with Crippen molar-refractivity contribution in [2.24, 2.45) is 4.99 Å². The molecule has 2 N–H and O–H groups in total. The fraction of sp³-hybridized carbons (Fsp3) is 0.857. The molecule has 142 valence electrons. The minimum Gasteiger partial charge on any atom is -0.356 e. The van der Waals surface area contributed by atoms with Crippen LogP contribution in [0.3, 0.4) is 0 Å². The van der Waals surface area contributed by atoms with Gasteiger partial charge in [-0.15, -0.1) is 24.0 Å². The summed E-state index contributed by atoms with van der Waals surface area (Å²) in [5, 5.41) is 5.58. The Morgan fingerprint density at radius 1 is 1.21 bits per heavy atom.